The first kappa shape index (κ1) is 11.7. The Hall–Kier alpha value is -1.78. The van der Waals surface area contributed by atoms with E-state index in [9.17, 15) is 4.39 Å². The van der Waals surface area contributed by atoms with Gasteiger partial charge in [0.15, 0.2) is 0 Å². The van der Waals surface area contributed by atoms with E-state index >= 15 is 0 Å². The summed E-state index contributed by atoms with van der Waals surface area (Å²) in [5.74, 6) is 5.34. The Bertz CT molecular complexity index is 499. The van der Waals surface area contributed by atoms with E-state index in [1.165, 1.54) is 12.1 Å². The molecule has 1 unspecified atom stereocenters. The van der Waals surface area contributed by atoms with Crippen molar-refractivity contribution in [3.8, 4) is 0 Å². The van der Waals surface area contributed by atoms with Gasteiger partial charge in [0.05, 0.1) is 6.04 Å². The molecule has 0 fully saturated rings. The number of benzene rings is 1. The molecule has 2 rings (SSSR count). The van der Waals surface area contributed by atoms with Crippen molar-refractivity contribution in [3.05, 3.63) is 65.2 Å². The molecule has 3 nitrogen and oxygen atoms in total. The Kier molecular flexibility index (Phi) is 3.46. The highest BCUT2D eigenvalue weighted by Crippen LogP contribution is 2.24. The van der Waals surface area contributed by atoms with Gasteiger partial charge in [-0.15, -0.1) is 0 Å². The number of nitrogens with one attached hydrogen (secondary N) is 1. The van der Waals surface area contributed by atoms with Crippen LogP contribution < -0.4 is 11.3 Å². The molecule has 17 heavy (non-hydrogen) atoms. The molecule has 0 spiro atoms. The van der Waals surface area contributed by atoms with Gasteiger partial charge in [-0.25, -0.2) is 9.82 Å². The monoisotopic (exact) mass is 231 g/mol. The third-order valence-corrected chi connectivity index (χ3v) is 2.75. The van der Waals surface area contributed by atoms with Crippen molar-refractivity contribution in [2.45, 2.75) is 13.0 Å². The van der Waals surface area contributed by atoms with Gasteiger partial charge in [0.25, 0.3) is 0 Å². The Morgan fingerprint density at radius 2 is 1.94 bits per heavy atom. The fourth-order valence-electron chi connectivity index (χ4n) is 1.88. The maximum atomic E-state index is 13.1. The second kappa shape index (κ2) is 5.03. The largest absolute Gasteiger partial charge is 0.271 e. The molecule has 0 radical (unpaired) electrons. The predicted molar refractivity (Wildman–Crippen MR) is 64.5 cm³/mol. The maximum absolute atomic E-state index is 13.1. The number of hydrogen-bond acceptors (Lipinski definition) is 3. The number of rotatable bonds is 3. The third-order valence-electron chi connectivity index (χ3n) is 2.75. The SMILES string of the molecule is Cc1cc(F)ccc1C(NN)c1ccncc1. The van der Waals surface area contributed by atoms with Gasteiger partial charge >= 0.3 is 0 Å². The van der Waals surface area contributed by atoms with Crippen LogP contribution >= 0.6 is 0 Å². The minimum absolute atomic E-state index is 0.154. The van der Waals surface area contributed by atoms with E-state index in [2.05, 4.69) is 10.4 Å². The van der Waals surface area contributed by atoms with Crippen LogP contribution in [0.4, 0.5) is 4.39 Å². The molecule has 0 aliphatic rings. The number of nitrogens with zero attached hydrogens (tertiary/aromatic N) is 1. The van der Waals surface area contributed by atoms with Gasteiger partial charge in [0, 0.05) is 12.4 Å². The summed E-state index contributed by atoms with van der Waals surface area (Å²) >= 11 is 0. The summed E-state index contributed by atoms with van der Waals surface area (Å²) in [6.07, 6.45) is 3.41. The van der Waals surface area contributed by atoms with Crippen LogP contribution in [-0.4, -0.2) is 4.98 Å². The third kappa shape index (κ3) is 2.49. The molecule has 0 aliphatic carbocycles. The zero-order valence-electron chi connectivity index (χ0n) is 9.52. The average Bonchev–Trinajstić information content (AvgIpc) is 2.34. The number of hydrogen-bond donors (Lipinski definition) is 2. The molecule has 1 aromatic carbocycles. The Labute approximate surface area is 99.5 Å². The first-order chi connectivity index (χ1) is 8.22. The van der Waals surface area contributed by atoms with Gasteiger partial charge in [0.2, 0.25) is 0 Å². The molecule has 4 heteroatoms. The van der Waals surface area contributed by atoms with E-state index in [1.54, 1.807) is 18.5 Å². The molecule has 1 atom stereocenters. The van der Waals surface area contributed by atoms with Crippen LogP contribution in [0.15, 0.2) is 42.7 Å². The number of halogens is 1. The van der Waals surface area contributed by atoms with E-state index < -0.39 is 0 Å². The molecular weight excluding hydrogens is 217 g/mol. The van der Waals surface area contributed by atoms with Crippen LogP contribution in [0, 0.1) is 12.7 Å². The molecule has 0 aliphatic heterocycles. The van der Waals surface area contributed by atoms with Crippen molar-refractivity contribution in [2.24, 2.45) is 5.84 Å². The predicted octanol–water partition coefficient (Wildman–Crippen LogP) is 2.08. The lowest BCUT2D eigenvalue weighted by Gasteiger charge is -2.18. The van der Waals surface area contributed by atoms with Crippen molar-refractivity contribution < 1.29 is 4.39 Å². The summed E-state index contributed by atoms with van der Waals surface area (Å²) in [4.78, 5) is 3.96. The van der Waals surface area contributed by atoms with Crippen LogP contribution in [0.5, 0.6) is 0 Å². The summed E-state index contributed by atoms with van der Waals surface area (Å²) in [5.41, 5.74) is 5.57. The highest BCUT2D eigenvalue weighted by molar-refractivity contribution is 5.36. The minimum Gasteiger partial charge on any atom is -0.271 e. The van der Waals surface area contributed by atoms with E-state index in [-0.39, 0.29) is 11.9 Å². The molecule has 1 heterocycles. The Balaban J connectivity index is 2.42. The van der Waals surface area contributed by atoms with Crippen LogP contribution in [0.25, 0.3) is 0 Å². The maximum Gasteiger partial charge on any atom is 0.123 e. The molecule has 1 aromatic heterocycles. The van der Waals surface area contributed by atoms with Crippen molar-refractivity contribution in [1.82, 2.24) is 10.4 Å². The van der Waals surface area contributed by atoms with Gasteiger partial charge in [-0.05, 0) is 47.9 Å². The fraction of sp³-hybridized carbons (Fsp3) is 0.154. The van der Waals surface area contributed by atoms with E-state index in [0.717, 1.165) is 16.7 Å². The van der Waals surface area contributed by atoms with Gasteiger partial charge in [-0.3, -0.25) is 10.8 Å². The molecule has 0 saturated heterocycles. The fourth-order valence-corrected chi connectivity index (χ4v) is 1.88. The van der Waals surface area contributed by atoms with Crippen LogP contribution in [0.2, 0.25) is 0 Å². The summed E-state index contributed by atoms with van der Waals surface area (Å²) in [5, 5.41) is 0. The van der Waals surface area contributed by atoms with Gasteiger partial charge < -0.3 is 0 Å². The van der Waals surface area contributed by atoms with Crippen molar-refractivity contribution in [2.75, 3.05) is 0 Å². The standard InChI is InChI=1S/C13H14FN3/c1-9-8-11(14)2-3-12(9)13(17-15)10-4-6-16-7-5-10/h2-8,13,17H,15H2,1H3. The summed E-state index contributed by atoms with van der Waals surface area (Å²) in [6.45, 7) is 1.87. The number of pyridine rings is 1. The molecule has 2 aromatic rings. The lowest BCUT2D eigenvalue weighted by molar-refractivity contribution is 0.611. The second-order valence-corrected chi connectivity index (χ2v) is 3.88. The van der Waals surface area contributed by atoms with Gasteiger partial charge in [-0.2, -0.15) is 0 Å². The average molecular weight is 231 g/mol. The molecule has 0 bridgehead atoms. The minimum atomic E-state index is -0.239. The Morgan fingerprint density at radius 3 is 2.53 bits per heavy atom. The molecule has 88 valence electrons. The summed E-state index contributed by atoms with van der Waals surface area (Å²) in [6, 6.07) is 8.30. The van der Waals surface area contributed by atoms with E-state index in [4.69, 9.17) is 5.84 Å². The number of aryl methyl sites for hydroxylation is 1. The second-order valence-electron chi connectivity index (χ2n) is 3.88. The zero-order valence-corrected chi connectivity index (χ0v) is 9.52. The van der Waals surface area contributed by atoms with Crippen molar-refractivity contribution >= 4 is 0 Å². The first-order valence-electron chi connectivity index (χ1n) is 5.34. The van der Waals surface area contributed by atoms with Crippen LogP contribution in [-0.2, 0) is 0 Å². The highest BCUT2D eigenvalue weighted by atomic mass is 19.1. The van der Waals surface area contributed by atoms with Crippen molar-refractivity contribution in [3.63, 3.8) is 0 Å². The molecule has 0 saturated carbocycles. The highest BCUT2D eigenvalue weighted by Gasteiger charge is 2.14. The smallest absolute Gasteiger partial charge is 0.123 e. The van der Waals surface area contributed by atoms with Crippen molar-refractivity contribution in [1.29, 1.82) is 0 Å². The van der Waals surface area contributed by atoms with Gasteiger partial charge in [-0.1, -0.05) is 6.07 Å². The normalized spacial score (nSPS) is 12.4. The number of hydrazine groups is 1. The molecule has 3 N–H and O–H groups in total. The topological polar surface area (TPSA) is 50.9 Å². The molecular formula is C13H14FN3. The lowest BCUT2D eigenvalue weighted by Crippen LogP contribution is -2.29. The number of aromatic nitrogens is 1. The zero-order chi connectivity index (χ0) is 12.3. The van der Waals surface area contributed by atoms with Gasteiger partial charge in [0.1, 0.15) is 5.82 Å². The molecule has 0 amide bonds. The van der Waals surface area contributed by atoms with E-state index in [1.807, 2.05) is 19.1 Å². The van der Waals surface area contributed by atoms with E-state index in [0.29, 0.717) is 0 Å². The van der Waals surface area contributed by atoms with Crippen LogP contribution in [0.3, 0.4) is 0 Å². The number of nitrogens with two attached hydrogens (primary N) is 1. The lowest BCUT2D eigenvalue weighted by atomic mass is 9.96. The summed E-state index contributed by atoms with van der Waals surface area (Å²) < 4.78 is 13.1. The summed E-state index contributed by atoms with van der Waals surface area (Å²) in [7, 11) is 0. The van der Waals surface area contributed by atoms with Crippen LogP contribution in [0.1, 0.15) is 22.7 Å². The quantitative estimate of drug-likeness (QED) is 0.628. The Morgan fingerprint density at radius 1 is 1.24 bits per heavy atom. The first-order valence-corrected chi connectivity index (χ1v) is 5.34.